The minimum atomic E-state index is -1.65. The van der Waals surface area contributed by atoms with Crippen LogP contribution >= 0.6 is 0 Å². The predicted octanol–water partition coefficient (Wildman–Crippen LogP) is -2.63. The van der Waals surface area contributed by atoms with E-state index >= 15 is 0 Å². The van der Waals surface area contributed by atoms with E-state index in [-0.39, 0.29) is 25.3 Å². The zero-order chi connectivity index (χ0) is 32.1. The van der Waals surface area contributed by atoms with Gasteiger partial charge in [-0.2, -0.15) is 0 Å². The van der Waals surface area contributed by atoms with Crippen LogP contribution in [0.25, 0.3) is 0 Å². The van der Waals surface area contributed by atoms with Crippen LogP contribution in [0, 0.1) is 5.92 Å². The van der Waals surface area contributed by atoms with Crippen molar-refractivity contribution in [1.29, 1.82) is 0 Å². The van der Waals surface area contributed by atoms with Gasteiger partial charge in [-0.15, -0.1) is 0 Å². The van der Waals surface area contributed by atoms with Crippen LogP contribution in [0.1, 0.15) is 59.3 Å². The highest BCUT2D eigenvalue weighted by Gasteiger charge is 2.40. The van der Waals surface area contributed by atoms with Gasteiger partial charge in [0.25, 0.3) is 0 Å². The average Bonchev–Trinajstić information content (AvgIpc) is 3.41. The summed E-state index contributed by atoms with van der Waals surface area (Å²) in [7, 11) is 0. The minimum Gasteiger partial charge on any atom is -0.481 e. The molecule has 1 aliphatic heterocycles. The number of carboxylic acids is 3. The van der Waals surface area contributed by atoms with Gasteiger partial charge in [0.15, 0.2) is 0 Å². The highest BCUT2D eigenvalue weighted by atomic mass is 16.4. The van der Waals surface area contributed by atoms with Crippen molar-refractivity contribution in [3.8, 4) is 0 Å². The predicted molar refractivity (Wildman–Crippen MR) is 143 cm³/mol. The molecule has 1 aliphatic rings. The Hall–Kier alpha value is -4.28. The summed E-state index contributed by atoms with van der Waals surface area (Å²) in [6.45, 7) is 4.16. The van der Waals surface area contributed by atoms with Crippen molar-refractivity contribution in [3.63, 3.8) is 0 Å². The lowest BCUT2D eigenvalue weighted by Crippen LogP contribution is -2.58. The summed E-state index contributed by atoms with van der Waals surface area (Å²) >= 11 is 0. The second-order valence-electron chi connectivity index (χ2n) is 10.1. The SMILES string of the molecule is CC[C@H](C)[C@H](N)C(=O)N[C@@H](CCC(=O)O)C(=O)N1CCC[C@H]1C(=O)N[C@@H](CC(=O)O)C(=O)N[C@@H](C)C(=O)NCC(=O)O. The van der Waals surface area contributed by atoms with Crippen LogP contribution in [-0.2, 0) is 38.4 Å². The Balaban J connectivity index is 3.05. The largest absolute Gasteiger partial charge is 0.481 e. The molecular weight excluding hydrogens is 560 g/mol. The molecular formula is C25H40N6O11. The van der Waals surface area contributed by atoms with Crippen LogP contribution in [0.5, 0.6) is 0 Å². The first-order valence-corrected chi connectivity index (χ1v) is 13.5. The third kappa shape index (κ3) is 11.3. The number of likely N-dealkylation sites (tertiary alicyclic amines) is 1. The smallest absolute Gasteiger partial charge is 0.322 e. The van der Waals surface area contributed by atoms with Crippen molar-refractivity contribution in [3.05, 3.63) is 0 Å². The van der Waals surface area contributed by atoms with E-state index in [1.807, 2.05) is 6.92 Å². The van der Waals surface area contributed by atoms with Crippen molar-refractivity contribution < 1.29 is 53.7 Å². The molecule has 42 heavy (non-hydrogen) atoms. The molecule has 1 fully saturated rings. The summed E-state index contributed by atoms with van der Waals surface area (Å²) in [6.07, 6.45) is -0.533. The molecule has 1 saturated heterocycles. The lowest BCUT2D eigenvalue weighted by molar-refractivity contribution is -0.145. The molecule has 1 heterocycles. The second-order valence-corrected chi connectivity index (χ2v) is 10.1. The first-order valence-electron chi connectivity index (χ1n) is 13.5. The van der Waals surface area contributed by atoms with Crippen molar-refractivity contribution in [2.45, 2.75) is 89.5 Å². The van der Waals surface area contributed by atoms with Crippen LogP contribution < -0.4 is 27.0 Å². The number of hydrogen-bond acceptors (Lipinski definition) is 9. The lowest BCUT2D eigenvalue weighted by atomic mass is 9.98. The van der Waals surface area contributed by atoms with Crippen molar-refractivity contribution in [2.75, 3.05) is 13.1 Å². The first kappa shape index (κ1) is 35.7. The van der Waals surface area contributed by atoms with E-state index in [0.29, 0.717) is 12.8 Å². The summed E-state index contributed by atoms with van der Waals surface area (Å²) in [5, 5.41) is 36.1. The molecule has 0 bridgehead atoms. The zero-order valence-corrected chi connectivity index (χ0v) is 23.8. The molecule has 1 rings (SSSR count). The fourth-order valence-electron chi connectivity index (χ4n) is 4.16. The fourth-order valence-corrected chi connectivity index (χ4v) is 4.16. The quantitative estimate of drug-likeness (QED) is 0.0851. The van der Waals surface area contributed by atoms with Gasteiger partial charge in [-0.05, 0) is 32.1 Å². The maximum Gasteiger partial charge on any atom is 0.322 e. The number of rotatable bonds is 17. The van der Waals surface area contributed by atoms with E-state index in [4.69, 9.17) is 15.9 Å². The molecule has 0 aromatic rings. The number of nitrogens with zero attached hydrogens (tertiary/aromatic N) is 1. The molecule has 9 N–H and O–H groups in total. The Morgan fingerprint density at radius 3 is 2.05 bits per heavy atom. The summed E-state index contributed by atoms with van der Waals surface area (Å²) in [6, 6.07) is -6.35. The van der Waals surface area contributed by atoms with Gasteiger partial charge >= 0.3 is 17.9 Å². The molecule has 236 valence electrons. The first-order chi connectivity index (χ1) is 19.6. The molecule has 5 amide bonds. The van der Waals surface area contributed by atoms with Crippen molar-refractivity contribution in [2.24, 2.45) is 11.7 Å². The number of amides is 5. The van der Waals surface area contributed by atoms with Crippen molar-refractivity contribution in [1.82, 2.24) is 26.2 Å². The van der Waals surface area contributed by atoms with Crippen LogP contribution in [-0.4, -0.2) is 111 Å². The number of nitrogens with one attached hydrogen (secondary N) is 4. The third-order valence-corrected chi connectivity index (χ3v) is 6.84. The van der Waals surface area contributed by atoms with E-state index in [0.717, 1.165) is 4.90 Å². The molecule has 0 radical (unpaired) electrons. The topological polar surface area (TPSA) is 275 Å². The number of carbonyl (C=O) groups is 8. The lowest BCUT2D eigenvalue weighted by Gasteiger charge is -2.30. The van der Waals surface area contributed by atoms with E-state index < -0.39 is 97.0 Å². The molecule has 0 aromatic heterocycles. The van der Waals surface area contributed by atoms with Gasteiger partial charge in [0.2, 0.25) is 29.5 Å². The average molecular weight is 601 g/mol. The van der Waals surface area contributed by atoms with Gasteiger partial charge in [-0.25, -0.2) is 0 Å². The minimum absolute atomic E-state index is 0.0738. The van der Waals surface area contributed by atoms with E-state index in [9.17, 15) is 43.5 Å². The molecule has 0 aliphatic carbocycles. The van der Waals surface area contributed by atoms with Gasteiger partial charge in [-0.1, -0.05) is 20.3 Å². The Kier molecular flexibility index (Phi) is 14.3. The van der Waals surface area contributed by atoms with Gasteiger partial charge in [0.05, 0.1) is 12.5 Å². The van der Waals surface area contributed by atoms with Gasteiger partial charge in [0.1, 0.15) is 30.7 Å². The Morgan fingerprint density at radius 1 is 0.857 bits per heavy atom. The molecule has 17 nitrogen and oxygen atoms in total. The Bertz CT molecular complexity index is 1050. The van der Waals surface area contributed by atoms with Crippen molar-refractivity contribution >= 4 is 47.4 Å². The Morgan fingerprint density at radius 2 is 1.50 bits per heavy atom. The van der Waals surface area contributed by atoms with E-state index in [1.165, 1.54) is 6.92 Å². The number of nitrogens with two attached hydrogens (primary N) is 1. The van der Waals surface area contributed by atoms with E-state index in [1.54, 1.807) is 6.92 Å². The normalized spacial score (nSPS) is 18.0. The molecule has 0 saturated carbocycles. The maximum absolute atomic E-state index is 13.4. The van der Waals surface area contributed by atoms with Gasteiger partial charge in [0, 0.05) is 13.0 Å². The van der Waals surface area contributed by atoms with Crippen LogP contribution in [0.4, 0.5) is 0 Å². The number of hydrogen-bond donors (Lipinski definition) is 8. The maximum atomic E-state index is 13.4. The molecule has 17 heteroatoms. The zero-order valence-electron chi connectivity index (χ0n) is 23.8. The molecule has 6 atom stereocenters. The second kappa shape index (κ2) is 16.9. The summed E-state index contributed by atoms with van der Waals surface area (Å²) in [5.74, 6) is -8.37. The van der Waals surface area contributed by atoms with Gasteiger partial charge in [-0.3, -0.25) is 38.4 Å². The highest BCUT2D eigenvalue weighted by Crippen LogP contribution is 2.20. The van der Waals surface area contributed by atoms with Gasteiger partial charge < -0.3 is 47.2 Å². The van der Waals surface area contributed by atoms with Crippen LogP contribution in [0.15, 0.2) is 0 Å². The molecule has 0 aromatic carbocycles. The number of carbonyl (C=O) groups excluding carboxylic acids is 5. The Labute approximate surface area is 241 Å². The standard InChI is InChI=1S/C25H40N6O11/c1-4-12(2)20(26)24(41)29-14(7-8-17(32)33)25(42)31-9-5-6-16(31)23(40)30-15(10-18(34)35)22(39)28-13(3)21(38)27-11-19(36)37/h12-16,20H,4-11,26H2,1-3H3,(H,27,38)(H,28,39)(H,29,41)(H,30,40)(H,32,33)(H,34,35)(H,36,37)/t12-,13-,14-,15-,16-,20-/m0/s1. The monoisotopic (exact) mass is 600 g/mol. The highest BCUT2D eigenvalue weighted by molar-refractivity contribution is 5.97. The summed E-state index contributed by atoms with van der Waals surface area (Å²) in [4.78, 5) is 98.4. The fraction of sp³-hybridized carbons (Fsp3) is 0.680. The summed E-state index contributed by atoms with van der Waals surface area (Å²) in [5.41, 5.74) is 5.96. The molecule has 0 spiro atoms. The van der Waals surface area contributed by atoms with Crippen LogP contribution in [0.2, 0.25) is 0 Å². The van der Waals surface area contributed by atoms with E-state index in [2.05, 4.69) is 21.3 Å². The number of aliphatic carboxylic acids is 3. The summed E-state index contributed by atoms with van der Waals surface area (Å²) < 4.78 is 0. The van der Waals surface area contributed by atoms with Crippen LogP contribution in [0.3, 0.4) is 0 Å². The molecule has 0 unspecified atom stereocenters. The number of carboxylic acid groups (broad SMARTS) is 3. The third-order valence-electron chi connectivity index (χ3n) is 6.84.